The summed E-state index contributed by atoms with van der Waals surface area (Å²) in [6.45, 7) is 1.31. The highest BCUT2D eigenvalue weighted by Gasteiger charge is 2.31. The van der Waals surface area contributed by atoms with Crippen molar-refractivity contribution in [3.05, 3.63) is 133 Å². The van der Waals surface area contributed by atoms with Crippen molar-refractivity contribution in [2.24, 2.45) is 0 Å². The zero-order valence-corrected chi connectivity index (χ0v) is 26.4. The molecule has 1 N–H and O–H groups in total. The molecule has 49 heavy (non-hydrogen) atoms. The number of fused-ring (bicyclic) bond motifs is 12. The first-order valence-corrected chi connectivity index (χ1v) is 16.1. The number of hydrogen-bond donors (Lipinski definition) is 1. The third kappa shape index (κ3) is 5.23. The van der Waals surface area contributed by atoms with Gasteiger partial charge in [0.05, 0.1) is 23.7 Å². The number of oxazole rings is 1. The molecule has 0 atom stereocenters. The minimum absolute atomic E-state index is 0.0475. The standard InChI is InChI=1S/C41H30N2O6/c44-26-47-25-24-43-36(49-41-34-19-11-7-15-30(34)28-13-5-9-17-32(28)39(41)43)21-3-1-2-20-35-42(23-22-37(45)46)38-31-16-8-4-12-27(31)29-14-6-10-18-33(29)40(38)48-35/h1-21,26H,22-25H2/p+1. The van der Waals surface area contributed by atoms with Crippen molar-refractivity contribution in [1.29, 1.82) is 0 Å². The molecule has 8 nitrogen and oxygen atoms in total. The summed E-state index contributed by atoms with van der Waals surface area (Å²) < 4.78 is 20.0. The Kier molecular flexibility index (Phi) is 7.74. The largest absolute Gasteiger partial charge is 0.481 e. The number of carbonyl (C=O) groups is 2. The number of hydrogen-bond acceptors (Lipinski definition) is 6. The summed E-state index contributed by atoms with van der Waals surface area (Å²) >= 11 is 0. The highest BCUT2D eigenvalue weighted by Crippen LogP contribution is 2.49. The number of anilines is 1. The Hall–Kier alpha value is -6.41. The van der Waals surface area contributed by atoms with Gasteiger partial charge in [-0.2, -0.15) is 4.57 Å². The summed E-state index contributed by atoms with van der Waals surface area (Å²) in [5.74, 6) is 1.03. The van der Waals surface area contributed by atoms with Crippen LogP contribution in [0.15, 0.2) is 132 Å². The third-order valence-electron chi connectivity index (χ3n) is 8.95. The molecule has 0 aliphatic carbocycles. The van der Waals surface area contributed by atoms with Gasteiger partial charge >= 0.3 is 11.9 Å². The van der Waals surface area contributed by atoms with Crippen molar-refractivity contribution in [3.63, 3.8) is 0 Å². The van der Waals surface area contributed by atoms with Gasteiger partial charge in [0, 0.05) is 16.2 Å². The van der Waals surface area contributed by atoms with E-state index in [-0.39, 0.29) is 19.6 Å². The lowest BCUT2D eigenvalue weighted by Gasteiger charge is -2.19. The van der Waals surface area contributed by atoms with Crippen LogP contribution < -0.4 is 14.2 Å². The van der Waals surface area contributed by atoms with Crippen molar-refractivity contribution >= 4 is 78.4 Å². The van der Waals surface area contributed by atoms with Gasteiger partial charge in [-0.25, -0.2) is 0 Å². The van der Waals surface area contributed by atoms with Gasteiger partial charge < -0.3 is 23.9 Å². The van der Waals surface area contributed by atoms with Gasteiger partial charge in [-0.3, -0.25) is 9.59 Å². The van der Waals surface area contributed by atoms with Crippen LogP contribution in [0.4, 0.5) is 5.69 Å². The van der Waals surface area contributed by atoms with Gasteiger partial charge in [0.2, 0.25) is 11.5 Å². The lowest BCUT2D eigenvalue weighted by molar-refractivity contribution is -0.676. The van der Waals surface area contributed by atoms with Gasteiger partial charge in [0.15, 0.2) is 12.3 Å². The highest BCUT2D eigenvalue weighted by molar-refractivity contribution is 6.22. The summed E-state index contributed by atoms with van der Waals surface area (Å²) in [4.78, 5) is 24.7. The first-order chi connectivity index (χ1) is 24.1. The maximum Gasteiger partial charge on any atom is 0.374 e. The van der Waals surface area contributed by atoms with Gasteiger partial charge in [0.25, 0.3) is 12.0 Å². The Bertz CT molecular complexity index is 2530. The van der Waals surface area contributed by atoms with E-state index in [0.717, 1.165) is 65.6 Å². The maximum absolute atomic E-state index is 11.7. The van der Waals surface area contributed by atoms with Gasteiger partial charge in [-0.05, 0) is 33.7 Å². The van der Waals surface area contributed by atoms with Crippen molar-refractivity contribution in [1.82, 2.24) is 0 Å². The first kappa shape index (κ1) is 30.0. The van der Waals surface area contributed by atoms with E-state index in [4.69, 9.17) is 13.9 Å². The Morgan fingerprint density at radius 2 is 1.35 bits per heavy atom. The quantitative estimate of drug-likeness (QED) is 0.0525. The molecule has 2 heterocycles. The number of rotatable bonds is 10. The molecule has 0 bridgehead atoms. The number of carboxylic acids is 1. The molecule has 8 heteroatoms. The normalized spacial score (nSPS) is 13.9. The molecule has 7 aromatic rings. The average molecular weight is 648 g/mol. The van der Waals surface area contributed by atoms with Crippen LogP contribution in [0.1, 0.15) is 12.3 Å². The Morgan fingerprint density at radius 1 is 0.755 bits per heavy atom. The lowest BCUT2D eigenvalue weighted by atomic mass is 9.99. The molecule has 0 fully saturated rings. The van der Waals surface area contributed by atoms with E-state index < -0.39 is 5.97 Å². The van der Waals surface area contributed by atoms with E-state index in [1.165, 1.54) is 0 Å². The Morgan fingerprint density at radius 3 is 2.04 bits per heavy atom. The van der Waals surface area contributed by atoms with Crippen molar-refractivity contribution in [2.75, 3.05) is 18.1 Å². The van der Waals surface area contributed by atoms with E-state index in [0.29, 0.717) is 24.8 Å². The van der Waals surface area contributed by atoms with Gasteiger partial charge in [0.1, 0.15) is 13.0 Å². The molecular weight excluding hydrogens is 616 g/mol. The van der Waals surface area contributed by atoms with Crippen LogP contribution in [0.3, 0.4) is 0 Å². The van der Waals surface area contributed by atoms with E-state index in [1.807, 2.05) is 101 Å². The van der Waals surface area contributed by atoms with Crippen molar-refractivity contribution < 1.29 is 33.2 Å². The maximum atomic E-state index is 11.7. The molecule has 0 radical (unpaired) electrons. The van der Waals surface area contributed by atoms with Crippen molar-refractivity contribution in [2.45, 2.75) is 13.0 Å². The number of aromatic nitrogens is 1. The van der Waals surface area contributed by atoms with Crippen LogP contribution in [0, 0.1) is 0 Å². The molecule has 1 aliphatic heterocycles. The summed E-state index contributed by atoms with van der Waals surface area (Å²) in [6, 6.07) is 32.6. The van der Waals surface area contributed by atoms with Crippen molar-refractivity contribution in [3.8, 4) is 5.75 Å². The van der Waals surface area contributed by atoms with Crippen LogP contribution in [0.25, 0.3) is 60.3 Å². The van der Waals surface area contributed by atoms with E-state index in [9.17, 15) is 14.7 Å². The molecule has 8 rings (SSSR count). The summed E-state index contributed by atoms with van der Waals surface area (Å²) in [6.07, 6.45) is 9.30. The predicted molar refractivity (Wildman–Crippen MR) is 191 cm³/mol. The number of aliphatic carboxylic acids is 1. The number of carbonyl (C=O) groups excluding carboxylic acids is 1. The zero-order valence-electron chi connectivity index (χ0n) is 26.4. The molecule has 0 saturated carbocycles. The average Bonchev–Trinajstić information content (AvgIpc) is 3.69. The molecule has 1 aromatic heterocycles. The molecular formula is C41H31N2O6+. The predicted octanol–water partition coefficient (Wildman–Crippen LogP) is 8.29. The van der Waals surface area contributed by atoms with Crippen LogP contribution in [0.2, 0.25) is 0 Å². The first-order valence-electron chi connectivity index (χ1n) is 16.1. The minimum Gasteiger partial charge on any atom is -0.481 e. The second-order valence-electron chi connectivity index (χ2n) is 11.7. The van der Waals surface area contributed by atoms with Crippen LogP contribution in [-0.4, -0.2) is 30.7 Å². The number of nitrogens with zero attached hydrogens (tertiary/aromatic N) is 2. The molecule has 0 spiro atoms. The minimum atomic E-state index is -0.880. The van der Waals surface area contributed by atoms with Crippen LogP contribution in [-0.2, 0) is 20.9 Å². The molecule has 240 valence electrons. The fourth-order valence-electron chi connectivity index (χ4n) is 6.89. The molecule has 6 aromatic carbocycles. The summed E-state index contributed by atoms with van der Waals surface area (Å²) in [7, 11) is 0. The van der Waals surface area contributed by atoms with E-state index >= 15 is 0 Å². The number of benzene rings is 6. The monoisotopic (exact) mass is 647 g/mol. The number of allylic oxidation sites excluding steroid dienone is 4. The highest BCUT2D eigenvalue weighted by atomic mass is 16.5. The second-order valence-corrected chi connectivity index (χ2v) is 11.7. The second kappa shape index (κ2) is 12.7. The molecule has 0 unspecified atom stereocenters. The van der Waals surface area contributed by atoms with E-state index in [2.05, 4.69) is 36.4 Å². The fraction of sp³-hybridized carbons (Fsp3) is 0.0976. The number of ether oxygens (including phenoxy) is 2. The Labute approximate surface area is 281 Å². The van der Waals surface area contributed by atoms with Gasteiger partial charge in [-0.15, -0.1) is 0 Å². The van der Waals surface area contributed by atoms with Crippen LogP contribution in [0.5, 0.6) is 5.75 Å². The van der Waals surface area contributed by atoms with Crippen LogP contribution >= 0.6 is 0 Å². The number of aryl methyl sites for hydroxylation is 1. The molecule has 0 amide bonds. The zero-order chi connectivity index (χ0) is 33.3. The smallest absolute Gasteiger partial charge is 0.374 e. The number of carboxylic acid groups (broad SMARTS) is 1. The van der Waals surface area contributed by atoms with E-state index in [1.54, 1.807) is 0 Å². The lowest BCUT2D eigenvalue weighted by Crippen LogP contribution is -2.36. The third-order valence-corrected chi connectivity index (χ3v) is 8.95. The Balaban J connectivity index is 1.18. The molecule has 0 saturated heterocycles. The fourth-order valence-corrected chi connectivity index (χ4v) is 6.89. The SMILES string of the molecule is O=COCCN1C(=CC=CC=Cc2oc3c4ccccc4c4ccccc4c3[n+]2CCC(=O)O)Oc2c1c1ccccc1c1ccccc21. The van der Waals surface area contributed by atoms with Gasteiger partial charge in [-0.1, -0.05) is 109 Å². The summed E-state index contributed by atoms with van der Waals surface area (Å²) in [5, 5.41) is 18.0. The topological polar surface area (TPSA) is 93.1 Å². The summed E-state index contributed by atoms with van der Waals surface area (Å²) in [5.41, 5.74) is 2.52. The molecule has 1 aliphatic rings.